The summed E-state index contributed by atoms with van der Waals surface area (Å²) in [5, 5.41) is 0. The van der Waals surface area contributed by atoms with E-state index in [0.29, 0.717) is 5.92 Å². The maximum atomic E-state index is 11.5. The minimum Gasteiger partial charge on any atom is -0.372 e. The number of carbonyl (C=O) groups is 1. The molecule has 0 aromatic heterocycles. The molecule has 3 nitrogen and oxygen atoms in total. The molecule has 1 fully saturated rings. The first kappa shape index (κ1) is 9.52. The summed E-state index contributed by atoms with van der Waals surface area (Å²) in [7, 11) is 1.57. The highest BCUT2D eigenvalue weighted by atomic mass is 16.5. The fraction of sp³-hybridized carbons (Fsp3) is 0.889. The van der Waals surface area contributed by atoms with E-state index < -0.39 is 0 Å². The lowest BCUT2D eigenvalue weighted by molar-refractivity contribution is -0.139. The predicted octanol–water partition coefficient (Wildman–Crippen LogP) is 0.890. The summed E-state index contributed by atoms with van der Waals surface area (Å²) in [5.41, 5.74) is 0. The van der Waals surface area contributed by atoms with Gasteiger partial charge < -0.3 is 9.64 Å². The van der Waals surface area contributed by atoms with E-state index in [1.807, 2.05) is 4.90 Å². The average molecular weight is 171 g/mol. The van der Waals surface area contributed by atoms with Crippen LogP contribution in [-0.2, 0) is 9.53 Å². The van der Waals surface area contributed by atoms with Crippen molar-refractivity contribution in [3.8, 4) is 0 Å². The number of nitrogens with zero attached hydrogens (tertiary/aromatic N) is 1. The zero-order chi connectivity index (χ0) is 9.14. The molecule has 70 valence electrons. The molecular weight excluding hydrogens is 154 g/mol. The Morgan fingerprint density at radius 2 is 2.33 bits per heavy atom. The van der Waals surface area contributed by atoms with Crippen LogP contribution in [-0.4, -0.2) is 37.1 Å². The highest BCUT2D eigenvalue weighted by Gasteiger charge is 2.26. The van der Waals surface area contributed by atoms with Gasteiger partial charge in [-0.2, -0.15) is 0 Å². The Hall–Kier alpha value is -0.570. The van der Waals surface area contributed by atoms with Crippen LogP contribution >= 0.6 is 0 Å². The molecule has 0 aliphatic carbocycles. The number of hydrogen-bond acceptors (Lipinski definition) is 2. The number of amides is 1. The molecule has 1 aliphatic heterocycles. The van der Waals surface area contributed by atoms with E-state index in [1.54, 1.807) is 14.0 Å². The topological polar surface area (TPSA) is 29.5 Å². The molecule has 12 heavy (non-hydrogen) atoms. The van der Waals surface area contributed by atoms with Crippen LogP contribution in [0.1, 0.15) is 20.3 Å². The first-order valence-electron chi connectivity index (χ1n) is 4.46. The SMILES string of the molecule is COC(C)C(=O)N1CCC(C)C1. The van der Waals surface area contributed by atoms with E-state index in [2.05, 4.69) is 6.92 Å². The molecule has 0 N–H and O–H groups in total. The fourth-order valence-electron chi connectivity index (χ4n) is 1.49. The Balaban J connectivity index is 2.43. The van der Waals surface area contributed by atoms with Crippen molar-refractivity contribution < 1.29 is 9.53 Å². The monoisotopic (exact) mass is 171 g/mol. The van der Waals surface area contributed by atoms with Crippen molar-refractivity contribution in [3.05, 3.63) is 0 Å². The van der Waals surface area contributed by atoms with E-state index in [9.17, 15) is 4.79 Å². The Kier molecular flexibility index (Phi) is 3.09. The number of hydrogen-bond donors (Lipinski definition) is 0. The number of ether oxygens (including phenoxy) is 1. The molecule has 1 aliphatic rings. The van der Waals surface area contributed by atoms with Crippen molar-refractivity contribution in [1.29, 1.82) is 0 Å². The maximum Gasteiger partial charge on any atom is 0.251 e. The second-order valence-electron chi connectivity index (χ2n) is 3.56. The second kappa shape index (κ2) is 3.90. The number of likely N-dealkylation sites (tertiary alicyclic amines) is 1. The molecule has 2 atom stereocenters. The summed E-state index contributed by atoms with van der Waals surface area (Å²) in [6.07, 6.45) is 0.845. The normalized spacial score (nSPS) is 25.9. The van der Waals surface area contributed by atoms with Crippen LogP contribution in [0.15, 0.2) is 0 Å². The molecule has 1 amide bonds. The standard InChI is InChI=1S/C9H17NO2/c1-7-4-5-10(6-7)9(11)8(2)12-3/h7-8H,4-6H2,1-3H3. The van der Waals surface area contributed by atoms with Crippen molar-refractivity contribution in [3.63, 3.8) is 0 Å². The number of methoxy groups -OCH3 is 1. The van der Waals surface area contributed by atoms with Gasteiger partial charge >= 0.3 is 0 Å². The van der Waals surface area contributed by atoms with Crippen LogP contribution in [0.5, 0.6) is 0 Å². The summed E-state index contributed by atoms with van der Waals surface area (Å²) in [6, 6.07) is 0. The van der Waals surface area contributed by atoms with Crippen molar-refractivity contribution in [2.45, 2.75) is 26.4 Å². The Morgan fingerprint density at radius 1 is 1.67 bits per heavy atom. The third-order valence-electron chi connectivity index (χ3n) is 2.44. The fourth-order valence-corrected chi connectivity index (χ4v) is 1.49. The summed E-state index contributed by atoms with van der Waals surface area (Å²) in [5.74, 6) is 0.778. The maximum absolute atomic E-state index is 11.5. The van der Waals surface area contributed by atoms with Crippen molar-refractivity contribution in [2.75, 3.05) is 20.2 Å². The van der Waals surface area contributed by atoms with E-state index in [0.717, 1.165) is 19.5 Å². The van der Waals surface area contributed by atoms with Crippen LogP contribution in [0.3, 0.4) is 0 Å². The third kappa shape index (κ3) is 1.97. The van der Waals surface area contributed by atoms with Crippen LogP contribution in [0.25, 0.3) is 0 Å². The van der Waals surface area contributed by atoms with Gasteiger partial charge in [-0.05, 0) is 19.3 Å². The molecule has 1 heterocycles. The molecule has 2 unspecified atom stereocenters. The van der Waals surface area contributed by atoms with Gasteiger partial charge in [0.2, 0.25) is 0 Å². The molecule has 0 aromatic rings. The lowest BCUT2D eigenvalue weighted by atomic mass is 10.2. The van der Waals surface area contributed by atoms with E-state index in [4.69, 9.17) is 4.74 Å². The van der Waals surface area contributed by atoms with Crippen molar-refractivity contribution >= 4 is 5.91 Å². The Morgan fingerprint density at radius 3 is 2.75 bits per heavy atom. The van der Waals surface area contributed by atoms with Gasteiger partial charge in [0.1, 0.15) is 6.10 Å². The molecule has 1 rings (SSSR count). The van der Waals surface area contributed by atoms with Gasteiger partial charge in [-0.15, -0.1) is 0 Å². The van der Waals surface area contributed by atoms with Gasteiger partial charge in [0, 0.05) is 20.2 Å². The molecule has 0 aromatic carbocycles. The van der Waals surface area contributed by atoms with Gasteiger partial charge in [0.15, 0.2) is 0 Å². The molecule has 1 saturated heterocycles. The van der Waals surface area contributed by atoms with Crippen LogP contribution in [0.4, 0.5) is 0 Å². The summed E-state index contributed by atoms with van der Waals surface area (Å²) >= 11 is 0. The lowest BCUT2D eigenvalue weighted by Crippen LogP contribution is -2.36. The minimum atomic E-state index is -0.282. The molecule has 0 radical (unpaired) electrons. The van der Waals surface area contributed by atoms with Gasteiger partial charge in [-0.1, -0.05) is 6.92 Å². The summed E-state index contributed by atoms with van der Waals surface area (Å²) in [4.78, 5) is 13.4. The summed E-state index contributed by atoms with van der Waals surface area (Å²) in [6.45, 7) is 5.76. The quantitative estimate of drug-likeness (QED) is 0.617. The Labute approximate surface area is 73.7 Å². The van der Waals surface area contributed by atoms with Crippen LogP contribution < -0.4 is 0 Å². The van der Waals surface area contributed by atoms with Gasteiger partial charge in [-0.25, -0.2) is 0 Å². The minimum absolute atomic E-state index is 0.127. The first-order chi connectivity index (χ1) is 5.65. The molecule has 0 bridgehead atoms. The largest absolute Gasteiger partial charge is 0.372 e. The highest BCUT2D eigenvalue weighted by Crippen LogP contribution is 2.16. The first-order valence-corrected chi connectivity index (χ1v) is 4.46. The molecule has 0 saturated carbocycles. The summed E-state index contributed by atoms with van der Waals surface area (Å²) < 4.78 is 4.97. The lowest BCUT2D eigenvalue weighted by Gasteiger charge is -2.19. The van der Waals surface area contributed by atoms with Gasteiger partial charge in [-0.3, -0.25) is 4.79 Å². The molecular formula is C9H17NO2. The number of rotatable bonds is 2. The van der Waals surface area contributed by atoms with E-state index in [1.165, 1.54) is 0 Å². The second-order valence-corrected chi connectivity index (χ2v) is 3.56. The molecule has 0 spiro atoms. The number of carbonyl (C=O) groups excluding carboxylic acids is 1. The highest BCUT2D eigenvalue weighted by molar-refractivity contribution is 5.80. The van der Waals surface area contributed by atoms with Crippen LogP contribution in [0.2, 0.25) is 0 Å². The third-order valence-corrected chi connectivity index (χ3v) is 2.44. The van der Waals surface area contributed by atoms with E-state index in [-0.39, 0.29) is 12.0 Å². The molecule has 3 heteroatoms. The smallest absolute Gasteiger partial charge is 0.251 e. The van der Waals surface area contributed by atoms with Crippen molar-refractivity contribution in [1.82, 2.24) is 4.90 Å². The average Bonchev–Trinajstić information content (AvgIpc) is 2.49. The van der Waals surface area contributed by atoms with Gasteiger partial charge in [0.25, 0.3) is 5.91 Å². The van der Waals surface area contributed by atoms with E-state index >= 15 is 0 Å². The predicted molar refractivity (Wildman–Crippen MR) is 46.8 cm³/mol. The Bertz CT molecular complexity index is 170. The van der Waals surface area contributed by atoms with Crippen LogP contribution in [0, 0.1) is 5.92 Å². The zero-order valence-corrected chi connectivity index (χ0v) is 8.04. The zero-order valence-electron chi connectivity index (χ0n) is 8.04. The van der Waals surface area contributed by atoms with Crippen molar-refractivity contribution in [2.24, 2.45) is 5.92 Å². The van der Waals surface area contributed by atoms with Gasteiger partial charge in [0.05, 0.1) is 0 Å².